The van der Waals surface area contributed by atoms with Crippen LogP contribution in [0.4, 0.5) is 40.7 Å². The Labute approximate surface area is 243 Å². The summed E-state index contributed by atoms with van der Waals surface area (Å²) in [6.07, 6.45) is -4.80. The number of carbonyl (C=O) groups is 1. The highest BCUT2D eigenvalue weighted by Crippen LogP contribution is 2.54. The molecule has 0 spiro atoms. The molecule has 4 aromatic carbocycles. The first kappa shape index (κ1) is 27.4. The van der Waals surface area contributed by atoms with Crippen LogP contribution in [0.5, 0.6) is 11.5 Å². The number of aromatic nitrogens is 1. The van der Waals surface area contributed by atoms with E-state index in [0.717, 1.165) is 38.5 Å². The molecule has 1 aromatic heterocycles. The topological polar surface area (TPSA) is 86.7 Å². The molecule has 3 N–H and O–H groups in total. The van der Waals surface area contributed by atoms with Gasteiger partial charge in [0.1, 0.15) is 16.5 Å². The molecule has 7 nitrogen and oxygen atoms in total. The largest absolute Gasteiger partial charge is 0.573 e. The van der Waals surface area contributed by atoms with Crippen LogP contribution in [0.2, 0.25) is 0 Å². The smallest absolute Gasteiger partial charge is 0.506 e. The molecule has 0 saturated carbocycles. The van der Waals surface area contributed by atoms with Gasteiger partial charge in [0.25, 0.3) is 0 Å². The third-order valence-electron chi connectivity index (χ3n) is 6.97. The van der Waals surface area contributed by atoms with Crippen molar-refractivity contribution in [1.29, 1.82) is 0 Å². The van der Waals surface area contributed by atoms with Crippen molar-refractivity contribution in [3.05, 3.63) is 90.5 Å². The molecule has 1 aliphatic rings. The van der Waals surface area contributed by atoms with Gasteiger partial charge in [-0.1, -0.05) is 38.1 Å². The Kier molecular flexibility index (Phi) is 6.69. The Morgan fingerprint density at radius 3 is 2.43 bits per heavy atom. The summed E-state index contributed by atoms with van der Waals surface area (Å²) in [5, 5.41) is 17.5. The standard InChI is InChI=1S/C31H25F3N4O3S/c1-30(2)17-38(27-24(39)16-15-20(26(27)30)28-36-22-8-4-6-10-25(22)42-28)23-9-5-3-7-21(23)37-29(40)35-18-11-13-19(14-12-18)41-31(32,33)34/h3-16,39H,17H2,1-2H3,(H2,35,37,40). The van der Waals surface area contributed by atoms with E-state index in [9.17, 15) is 23.1 Å². The highest BCUT2D eigenvalue weighted by molar-refractivity contribution is 7.21. The minimum Gasteiger partial charge on any atom is -0.506 e. The number of hydrogen-bond acceptors (Lipinski definition) is 6. The summed E-state index contributed by atoms with van der Waals surface area (Å²) >= 11 is 1.60. The number of para-hydroxylation sites is 3. The summed E-state index contributed by atoms with van der Waals surface area (Å²) in [7, 11) is 0. The van der Waals surface area contributed by atoms with Gasteiger partial charge in [-0.25, -0.2) is 9.78 Å². The van der Waals surface area contributed by atoms with Gasteiger partial charge in [-0.2, -0.15) is 0 Å². The van der Waals surface area contributed by atoms with Crippen LogP contribution in [0.1, 0.15) is 19.4 Å². The van der Waals surface area contributed by atoms with Crippen LogP contribution in [-0.4, -0.2) is 29.0 Å². The van der Waals surface area contributed by atoms with Gasteiger partial charge in [-0.3, -0.25) is 0 Å². The number of fused-ring (bicyclic) bond motifs is 2. The number of ether oxygens (including phenoxy) is 1. The lowest BCUT2D eigenvalue weighted by atomic mass is 9.83. The molecule has 0 unspecified atom stereocenters. The molecule has 6 rings (SSSR count). The molecule has 1 aliphatic heterocycles. The van der Waals surface area contributed by atoms with Crippen LogP contribution in [-0.2, 0) is 5.41 Å². The Morgan fingerprint density at radius 2 is 1.69 bits per heavy atom. The van der Waals surface area contributed by atoms with Gasteiger partial charge in [0.2, 0.25) is 0 Å². The Bertz CT molecular complexity index is 1770. The number of alkyl halides is 3. The molecule has 0 aliphatic carbocycles. The predicted molar refractivity (Wildman–Crippen MR) is 159 cm³/mol. The van der Waals surface area contributed by atoms with E-state index in [-0.39, 0.29) is 22.6 Å². The maximum absolute atomic E-state index is 12.9. The van der Waals surface area contributed by atoms with Gasteiger partial charge in [-0.05, 0) is 66.2 Å². The van der Waals surface area contributed by atoms with Crippen LogP contribution < -0.4 is 20.3 Å². The average molecular weight is 591 g/mol. The second-order valence-corrected chi connectivity index (χ2v) is 11.5. The number of phenolic OH excluding ortho intramolecular Hbond substituents is 1. The van der Waals surface area contributed by atoms with Gasteiger partial charge in [0.05, 0.1) is 27.3 Å². The molecule has 214 valence electrons. The van der Waals surface area contributed by atoms with Crippen molar-refractivity contribution in [3.8, 4) is 22.1 Å². The van der Waals surface area contributed by atoms with Crippen molar-refractivity contribution in [1.82, 2.24) is 4.98 Å². The minimum atomic E-state index is -4.80. The van der Waals surface area contributed by atoms with E-state index in [1.54, 1.807) is 29.5 Å². The molecular formula is C31H25F3N4O3S. The van der Waals surface area contributed by atoms with Crippen LogP contribution in [0.15, 0.2) is 84.9 Å². The van der Waals surface area contributed by atoms with E-state index in [0.29, 0.717) is 23.6 Å². The van der Waals surface area contributed by atoms with Crippen LogP contribution in [0.3, 0.4) is 0 Å². The van der Waals surface area contributed by atoms with Crippen molar-refractivity contribution >= 4 is 50.3 Å². The lowest BCUT2D eigenvalue weighted by Crippen LogP contribution is -2.27. The number of amides is 2. The molecule has 11 heteroatoms. The first-order valence-corrected chi connectivity index (χ1v) is 13.8. The number of hydrogen-bond donors (Lipinski definition) is 3. The van der Waals surface area contributed by atoms with Crippen molar-refractivity contribution in [2.45, 2.75) is 25.6 Å². The molecule has 0 fully saturated rings. The minimum absolute atomic E-state index is 0.112. The molecule has 0 radical (unpaired) electrons. The fourth-order valence-electron chi connectivity index (χ4n) is 5.30. The number of halogens is 3. The SMILES string of the molecule is CC1(C)CN(c2ccccc2NC(=O)Nc2ccc(OC(F)(F)F)cc2)c2c(O)ccc(-c3nc4ccccc4s3)c21. The number of thiazole rings is 1. The summed E-state index contributed by atoms with van der Waals surface area (Å²) in [6, 6.07) is 23.0. The van der Waals surface area contributed by atoms with Gasteiger partial charge < -0.3 is 25.4 Å². The van der Waals surface area contributed by atoms with E-state index < -0.39 is 12.4 Å². The van der Waals surface area contributed by atoms with Crippen LogP contribution in [0.25, 0.3) is 20.8 Å². The highest BCUT2D eigenvalue weighted by atomic mass is 32.1. The van der Waals surface area contributed by atoms with Gasteiger partial charge in [0, 0.05) is 23.2 Å². The molecule has 42 heavy (non-hydrogen) atoms. The number of aromatic hydroxyl groups is 1. The zero-order chi connectivity index (χ0) is 29.6. The molecule has 0 saturated heterocycles. The third kappa shape index (κ3) is 5.30. The second-order valence-electron chi connectivity index (χ2n) is 10.5. The fraction of sp³-hybridized carbons (Fsp3) is 0.161. The van der Waals surface area contributed by atoms with Gasteiger partial charge in [-0.15, -0.1) is 24.5 Å². The average Bonchev–Trinajstić information content (AvgIpc) is 3.49. The normalized spacial score (nSPS) is 14.1. The Balaban J connectivity index is 1.30. The number of nitrogens with zero attached hydrogens (tertiary/aromatic N) is 2. The zero-order valence-electron chi connectivity index (χ0n) is 22.5. The van der Waals surface area contributed by atoms with Crippen LogP contribution >= 0.6 is 11.3 Å². The fourth-order valence-corrected chi connectivity index (χ4v) is 6.30. The van der Waals surface area contributed by atoms with E-state index in [2.05, 4.69) is 29.2 Å². The van der Waals surface area contributed by atoms with Gasteiger partial charge >= 0.3 is 12.4 Å². The number of benzene rings is 4. The highest BCUT2D eigenvalue weighted by Gasteiger charge is 2.41. The van der Waals surface area contributed by atoms with E-state index in [1.165, 1.54) is 12.1 Å². The molecule has 5 aromatic rings. The van der Waals surface area contributed by atoms with Gasteiger partial charge in [0.15, 0.2) is 0 Å². The van der Waals surface area contributed by atoms with E-state index in [4.69, 9.17) is 4.98 Å². The quantitative estimate of drug-likeness (QED) is 0.191. The lowest BCUT2D eigenvalue weighted by molar-refractivity contribution is -0.274. The summed E-state index contributed by atoms with van der Waals surface area (Å²) in [6.45, 7) is 4.74. The molecule has 0 atom stereocenters. The zero-order valence-corrected chi connectivity index (χ0v) is 23.3. The molecule has 2 heterocycles. The summed E-state index contributed by atoms with van der Waals surface area (Å²) in [5.41, 5.74) is 4.52. The number of carbonyl (C=O) groups excluding carboxylic acids is 1. The Hall–Kier alpha value is -4.77. The first-order chi connectivity index (χ1) is 20.0. The van der Waals surface area contributed by atoms with Crippen molar-refractivity contribution in [2.75, 3.05) is 22.1 Å². The van der Waals surface area contributed by atoms with E-state index in [1.807, 2.05) is 47.4 Å². The lowest BCUT2D eigenvalue weighted by Gasteiger charge is -2.25. The number of rotatable bonds is 5. The Morgan fingerprint density at radius 1 is 0.976 bits per heavy atom. The monoisotopic (exact) mass is 590 g/mol. The maximum atomic E-state index is 12.9. The number of urea groups is 1. The summed E-state index contributed by atoms with van der Waals surface area (Å²) in [4.78, 5) is 19.8. The number of nitrogens with one attached hydrogen (secondary N) is 2. The first-order valence-electron chi connectivity index (χ1n) is 13.0. The molecule has 0 bridgehead atoms. The van der Waals surface area contributed by atoms with Crippen molar-refractivity contribution in [2.24, 2.45) is 0 Å². The van der Waals surface area contributed by atoms with Crippen molar-refractivity contribution < 1.29 is 27.8 Å². The van der Waals surface area contributed by atoms with Crippen molar-refractivity contribution in [3.63, 3.8) is 0 Å². The third-order valence-corrected chi connectivity index (χ3v) is 8.04. The molecular weight excluding hydrogens is 565 g/mol. The maximum Gasteiger partial charge on any atom is 0.573 e. The molecule has 2 amide bonds. The second kappa shape index (κ2) is 10.3. The summed E-state index contributed by atoms with van der Waals surface area (Å²) < 4.78 is 42.3. The number of anilines is 4. The summed E-state index contributed by atoms with van der Waals surface area (Å²) in [5.74, 6) is -0.278. The van der Waals surface area contributed by atoms with E-state index >= 15 is 0 Å². The predicted octanol–water partition coefficient (Wildman–Crippen LogP) is 8.64. The number of phenols is 1. The van der Waals surface area contributed by atoms with Crippen LogP contribution in [0, 0.1) is 0 Å².